The highest BCUT2D eigenvalue weighted by atomic mass is 32.1. The van der Waals surface area contributed by atoms with Gasteiger partial charge in [0.15, 0.2) is 5.11 Å². The molecule has 0 unspecified atom stereocenters. The van der Waals surface area contributed by atoms with Gasteiger partial charge in [-0.15, -0.1) is 0 Å². The van der Waals surface area contributed by atoms with Crippen LogP contribution in [0.25, 0.3) is 0 Å². The summed E-state index contributed by atoms with van der Waals surface area (Å²) in [5, 5.41) is 15.4. The van der Waals surface area contributed by atoms with Crippen LogP contribution in [-0.2, 0) is 0 Å². The zero-order valence-electron chi connectivity index (χ0n) is 8.59. The largest absolute Gasteiger partial charge is 0.395 e. The van der Waals surface area contributed by atoms with Crippen molar-refractivity contribution < 1.29 is 5.11 Å². The second-order valence-electron chi connectivity index (χ2n) is 3.86. The van der Waals surface area contributed by atoms with Crippen molar-refractivity contribution >= 4 is 17.3 Å². The normalized spacial score (nSPS) is 17.8. The van der Waals surface area contributed by atoms with Crippen LogP contribution in [0.4, 0.5) is 0 Å². The van der Waals surface area contributed by atoms with E-state index in [2.05, 4.69) is 10.6 Å². The summed E-state index contributed by atoms with van der Waals surface area (Å²) < 4.78 is 0. The average Bonchev–Trinajstić information content (AvgIpc) is 2.25. The molecule has 14 heavy (non-hydrogen) atoms. The Morgan fingerprint density at radius 3 is 2.57 bits per heavy atom. The Morgan fingerprint density at radius 1 is 1.21 bits per heavy atom. The van der Waals surface area contributed by atoms with Crippen LogP contribution in [0.3, 0.4) is 0 Å². The first-order valence-corrected chi connectivity index (χ1v) is 5.86. The van der Waals surface area contributed by atoms with Gasteiger partial charge in [-0.3, -0.25) is 0 Å². The van der Waals surface area contributed by atoms with Crippen molar-refractivity contribution in [1.29, 1.82) is 0 Å². The molecule has 4 heteroatoms. The molecule has 1 aliphatic rings. The Balaban J connectivity index is 2.03. The number of rotatable bonds is 4. The monoisotopic (exact) mass is 216 g/mol. The van der Waals surface area contributed by atoms with Crippen molar-refractivity contribution in [3.05, 3.63) is 0 Å². The van der Waals surface area contributed by atoms with Crippen LogP contribution in [-0.4, -0.2) is 29.9 Å². The van der Waals surface area contributed by atoms with Gasteiger partial charge in [0.1, 0.15) is 0 Å². The maximum atomic E-state index is 8.58. The summed E-state index contributed by atoms with van der Waals surface area (Å²) in [5.74, 6) is 0.789. The quantitative estimate of drug-likeness (QED) is 0.614. The topological polar surface area (TPSA) is 44.3 Å². The maximum absolute atomic E-state index is 8.58. The SMILES string of the molecule is OCCNC(=S)NCC1CCCCC1. The van der Waals surface area contributed by atoms with Crippen LogP contribution in [0.15, 0.2) is 0 Å². The highest BCUT2D eigenvalue weighted by Crippen LogP contribution is 2.22. The van der Waals surface area contributed by atoms with Gasteiger partial charge in [-0.05, 0) is 31.0 Å². The Kier molecular flexibility index (Phi) is 5.87. The molecule has 1 aliphatic carbocycles. The van der Waals surface area contributed by atoms with Crippen LogP contribution in [0.5, 0.6) is 0 Å². The second-order valence-corrected chi connectivity index (χ2v) is 4.27. The van der Waals surface area contributed by atoms with E-state index in [4.69, 9.17) is 17.3 Å². The summed E-state index contributed by atoms with van der Waals surface area (Å²) in [4.78, 5) is 0. The lowest BCUT2D eigenvalue weighted by atomic mass is 9.89. The summed E-state index contributed by atoms with van der Waals surface area (Å²) in [6.07, 6.45) is 6.78. The van der Waals surface area contributed by atoms with Gasteiger partial charge >= 0.3 is 0 Å². The average molecular weight is 216 g/mol. The Morgan fingerprint density at radius 2 is 1.93 bits per heavy atom. The fraction of sp³-hybridized carbons (Fsp3) is 0.900. The minimum Gasteiger partial charge on any atom is -0.395 e. The van der Waals surface area contributed by atoms with E-state index in [9.17, 15) is 0 Å². The molecule has 1 rings (SSSR count). The molecule has 0 aromatic carbocycles. The number of thiocarbonyl (C=S) groups is 1. The molecule has 0 bridgehead atoms. The minimum absolute atomic E-state index is 0.130. The van der Waals surface area contributed by atoms with E-state index in [0.29, 0.717) is 11.7 Å². The fourth-order valence-electron chi connectivity index (χ4n) is 1.86. The van der Waals surface area contributed by atoms with Crippen molar-refractivity contribution in [2.75, 3.05) is 19.7 Å². The van der Waals surface area contributed by atoms with Crippen molar-refractivity contribution in [3.8, 4) is 0 Å². The lowest BCUT2D eigenvalue weighted by Crippen LogP contribution is -2.39. The van der Waals surface area contributed by atoms with Crippen molar-refractivity contribution in [1.82, 2.24) is 10.6 Å². The van der Waals surface area contributed by atoms with Crippen LogP contribution >= 0.6 is 12.2 Å². The molecular weight excluding hydrogens is 196 g/mol. The van der Waals surface area contributed by atoms with E-state index in [0.717, 1.165) is 12.5 Å². The van der Waals surface area contributed by atoms with Gasteiger partial charge in [-0.25, -0.2) is 0 Å². The molecule has 1 saturated carbocycles. The number of hydrogen-bond acceptors (Lipinski definition) is 2. The van der Waals surface area contributed by atoms with Gasteiger partial charge in [-0.2, -0.15) is 0 Å². The smallest absolute Gasteiger partial charge is 0.166 e. The first-order chi connectivity index (χ1) is 6.83. The molecule has 3 N–H and O–H groups in total. The minimum atomic E-state index is 0.130. The number of aliphatic hydroxyl groups is 1. The van der Waals surface area contributed by atoms with Crippen molar-refractivity contribution in [3.63, 3.8) is 0 Å². The zero-order chi connectivity index (χ0) is 10.2. The third-order valence-electron chi connectivity index (χ3n) is 2.67. The van der Waals surface area contributed by atoms with Crippen LogP contribution in [0.1, 0.15) is 32.1 Å². The van der Waals surface area contributed by atoms with E-state index >= 15 is 0 Å². The molecule has 0 heterocycles. The molecule has 0 saturated heterocycles. The Labute approximate surface area is 91.3 Å². The van der Waals surface area contributed by atoms with Gasteiger partial charge in [0, 0.05) is 13.1 Å². The van der Waals surface area contributed by atoms with Gasteiger partial charge < -0.3 is 15.7 Å². The number of aliphatic hydroxyl groups excluding tert-OH is 1. The highest BCUT2D eigenvalue weighted by molar-refractivity contribution is 7.80. The predicted molar refractivity (Wildman–Crippen MR) is 62.3 cm³/mol. The number of hydrogen-bond donors (Lipinski definition) is 3. The van der Waals surface area contributed by atoms with Gasteiger partial charge in [-0.1, -0.05) is 19.3 Å². The molecular formula is C10H20N2OS. The Bertz CT molecular complexity index is 170. The van der Waals surface area contributed by atoms with Crippen molar-refractivity contribution in [2.24, 2.45) is 5.92 Å². The first-order valence-electron chi connectivity index (χ1n) is 5.45. The molecule has 0 amide bonds. The lowest BCUT2D eigenvalue weighted by Gasteiger charge is -2.22. The lowest BCUT2D eigenvalue weighted by molar-refractivity contribution is 0.300. The molecule has 3 nitrogen and oxygen atoms in total. The molecule has 1 fully saturated rings. The second kappa shape index (κ2) is 7.01. The summed E-state index contributed by atoms with van der Waals surface area (Å²) in [7, 11) is 0. The van der Waals surface area contributed by atoms with E-state index in [1.54, 1.807) is 0 Å². The number of nitrogens with one attached hydrogen (secondary N) is 2. The third-order valence-corrected chi connectivity index (χ3v) is 2.96. The van der Waals surface area contributed by atoms with Gasteiger partial charge in [0.2, 0.25) is 0 Å². The van der Waals surface area contributed by atoms with Crippen LogP contribution in [0, 0.1) is 5.92 Å². The van der Waals surface area contributed by atoms with Gasteiger partial charge in [0.25, 0.3) is 0 Å². The first kappa shape index (κ1) is 11.7. The van der Waals surface area contributed by atoms with Crippen LogP contribution < -0.4 is 10.6 Å². The van der Waals surface area contributed by atoms with E-state index in [1.165, 1.54) is 32.1 Å². The van der Waals surface area contributed by atoms with E-state index < -0.39 is 0 Å². The Hall–Kier alpha value is -0.350. The standard InChI is InChI=1S/C10H20N2OS/c13-7-6-11-10(14)12-8-9-4-2-1-3-5-9/h9,13H,1-8H2,(H2,11,12,14). The summed E-state index contributed by atoms with van der Waals surface area (Å²) in [6.45, 7) is 1.65. The molecule has 0 aromatic rings. The van der Waals surface area contributed by atoms with Crippen molar-refractivity contribution in [2.45, 2.75) is 32.1 Å². The maximum Gasteiger partial charge on any atom is 0.166 e. The fourth-order valence-corrected chi connectivity index (χ4v) is 2.05. The van der Waals surface area contributed by atoms with Crippen LogP contribution in [0.2, 0.25) is 0 Å². The molecule has 82 valence electrons. The van der Waals surface area contributed by atoms with E-state index in [1.807, 2.05) is 0 Å². The highest BCUT2D eigenvalue weighted by Gasteiger charge is 2.12. The molecule has 0 atom stereocenters. The summed E-state index contributed by atoms with van der Waals surface area (Å²) in [6, 6.07) is 0. The predicted octanol–water partition coefficient (Wildman–Crippen LogP) is 1.02. The third kappa shape index (κ3) is 4.77. The molecule has 0 aromatic heterocycles. The summed E-state index contributed by atoms with van der Waals surface area (Å²) >= 11 is 5.05. The van der Waals surface area contributed by atoms with E-state index in [-0.39, 0.29) is 6.61 Å². The zero-order valence-corrected chi connectivity index (χ0v) is 9.41. The van der Waals surface area contributed by atoms with Gasteiger partial charge in [0.05, 0.1) is 6.61 Å². The summed E-state index contributed by atoms with van der Waals surface area (Å²) in [5.41, 5.74) is 0. The molecule has 0 radical (unpaired) electrons. The molecule has 0 spiro atoms. The molecule has 0 aliphatic heterocycles.